The maximum absolute atomic E-state index is 4.43. The zero-order valence-corrected chi connectivity index (χ0v) is 12.1. The number of benzene rings is 1. The van der Waals surface area contributed by atoms with E-state index in [0.29, 0.717) is 0 Å². The molecular weight excluding hydrogens is 296 g/mol. The number of aromatic nitrogens is 1. The van der Waals surface area contributed by atoms with Gasteiger partial charge in [-0.05, 0) is 66.0 Å². The number of hydrogen-bond acceptors (Lipinski definition) is 3. The van der Waals surface area contributed by atoms with E-state index in [1.165, 1.54) is 10.5 Å². The molecule has 4 heteroatoms. The SMILES string of the molecule is Cc1ccc(SNc2ccc(Br)c(C)n2)cc1. The Bertz CT molecular complexity index is 511. The van der Waals surface area contributed by atoms with Gasteiger partial charge in [0, 0.05) is 9.37 Å². The fraction of sp³-hybridized carbons (Fsp3) is 0.154. The quantitative estimate of drug-likeness (QED) is 0.840. The van der Waals surface area contributed by atoms with E-state index < -0.39 is 0 Å². The van der Waals surface area contributed by atoms with Gasteiger partial charge in [0.2, 0.25) is 0 Å². The van der Waals surface area contributed by atoms with E-state index in [1.807, 2.05) is 19.1 Å². The van der Waals surface area contributed by atoms with Crippen molar-refractivity contribution in [3.8, 4) is 0 Å². The summed E-state index contributed by atoms with van der Waals surface area (Å²) < 4.78 is 4.26. The molecule has 0 aliphatic rings. The average Bonchev–Trinajstić information content (AvgIpc) is 2.33. The van der Waals surface area contributed by atoms with Crippen LogP contribution >= 0.6 is 27.9 Å². The lowest BCUT2D eigenvalue weighted by molar-refractivity contribution is 1.19. The number of hydrogen-bond donors (Lipinski definition) is 1. The number of halogens is 1. The molecule has 0 unspecified atom stereocenters. The molecule has 17 heavy (non-hydrogen) atoms. The van der Waals surface area contributed by atoms with Crippen LogP contribution < -0.4 is 4.72 Å². The molecule has 1 heterocycles. The van der Waals surface area contributed by atoms with Gasteiger partial charge < -0.3 is 4.72 Å². The van der Waals surface area contributed by atoms with Crippen molar-refractivity contribution >= 4 is 33.7 Å². The van der Waals surface area contributed by atoms with Crippen molar-refractivity contribution in [3.63, 3.8) is 0 Å². The topological polar surface area (TPSA) is 24.9 Å². The molecule has 1 aromatic heterocycles. The molecule has 88 valence electrons. The number of aryl methyl sites for hydroxylation is 2. The van der Waals surface area contributed by atoms with Crippen molar-refractivity contribution in [3.05, 3.63) is 52.1 Å². The third-order valence-electron chi connectivity index (χ3n) is 2.32. The summed E-state index contributed by atoms with van der Waals surface area (Å²) in [6.07, 6.45) is 0. The first-order valence-corrected chi connectivity index (χ1v) is 6.89. The van der Waals surface area contributed by atoms with Crippen LogP contribution in [0, 0.1) is 13.8 Å². The summed E-state index contributed by atoms with van der Waals surface area (Å²) in [6, 6.07) is 12.4. The van der Waals surface area contributed by atoms with Crippen LogP contribution in [-0.4, -0.2) is 4.98 Å². The van der Waals surface area contributed by atoms with Gasteiger partial charge in [0.1, 0.15) is 5.82 Å². The Morgan fingerprint density at radius 2 is 1.76 bits per heavy atom. The first-order valence-electron chi connectivity index (χ1n) is 5.28. The minimum absolute atomic E-state index is 0.872. The molecule has 0 aliphatic heterocycles. The molecule has 0 saturated carbocycles. The molecule has 0 saturated heterocycles. The van der Waals surface area contributed by atoms with E-state index in [1.54, 1.807) is 11.9 Å². The van der Waals surface area contributed by atoms with Gasteiger partial charge in [-0.2, -0.15) is 0 Å². The lowest BCUT2D eigenvalue weighted by Gasteiger charge is -2.06. The summed E-state index contributed by atoms with van der Waals surface area (Å²) >= 11 is 5.01. The van der Waals surface area contributed by atoms with Crippen LogP contribution in [0.1, 0.15) is 11.3 Å². The number of rotatable bonds is 3. The second kappa shape index (κ2) is 5.56. The second-order valence-corrected chi connectivity index (χ2v) is 5.51. The molecule has 2 rings (SSSR count). The Morgan fingerprint density at radius 1 is 1.06 bits per heavy atom. The first kappa shape index (κ1) is 12.5. The molecule has 0 bridgehead atoms. The Hall–Kier alpha value is -1.00. The van der Waals surface area contributed by atoms with Crippen molar-refractivity contribution in [2.45, 2.75) is 18.7 Å². The van der Waals surface area contributed by atoms with Crippen molar-refractivity contribution in [2.24, 2.45) is 0 Å². The van der Waals surface area contributed by atoms with E-state index in [-0.39, 0.29) is 0 Å². The van der Waals surface area contributed by atoms with Gasteiger partial charge >= 0.3 is 0 Å². The van der Waals surface area contributed by atoms with Gasteiger partial charge in [-0.3, -0.25) is 0 Å². The maximum atomic E-state index is 4.43. The Balaban J connectivity index is 2.02. The largest absolute Gasteiger partial charge is 0.310 e. The highest BCUT2D eigenvalue weighted by Crippen LogP contribution is 2.22. The van der Waals surface area contributed by atoms with Crippen LogP contribution in [0.5, 0.6) is 0 Å². The number of anilines is 1. The summed E-state index contributed by atoms with van der Waals surface area (Å²) in [6.45, 7) is 4.06. The van der Waals surface area contributed by atoms with Crippen molar-refractivity contribution in [2.75, 3.05) is 4.72 Å². The average molecular weight is 309 g/mol. The minimum Gasteiger partial charge on any atom is -0.310 e. The molecule has 0 amide bonds. The van der Waals surface area contributed by atoms with Crippen LogP contribution in [0.25, 0.3) is 0 Å². The predicted octanol–water partition coefficient (Wildman–Crippen LogP) is 4.58. The summed E-state index contributed by atoms with van der Waals surface area (Å²) in [5.41, 5.74) is 2.26. The Labute approximate surface area is 114 Å². The monoisotopic (exact) mass is 308 g/mol. The van der Waals surface area contributed by atoms with Crippen LogP contribution in [0.3, 0.4) is 0 Å². The molecule has 0 atom stereocenters. The van der Waals surface area contributed by atoms with Crippen molar-refractivity contribution < 1.29 is 0 Å². The Morgan fingerprint density at radius 3 is 2.41 bits per heavy atom. The highest BCUT2D eigenvalue weighted by Gasteiger charge is 1.99. The molecule has 0 fully saturated rings. The Kier molecular flexibility index (Phi) is 4.07. The highest BCUT2D eigenvalue weighted by atomic mass is 79.9. The summed E-state index contributed by atoms with van der Waals surface area (Å²) in [5.74, 6) is 0.872. The lowest BCUT2D eigenvalue weighted by atomic mass is 10.2. The maximum Gasteiger partial charge on any atom is 0.136 e. The molecule has 0 aliphatic carbocycles. The summed E-state index contributed by atoms with van der Waals surface area (Å²) in [4.78, 5) is 5.61. The van der Waals surface area contributed by atoms with Gasteiger partial charge in [-0.25, -0.2) is 4.98 Å². The highest BCUT2D eigenvalue weighted by molar-refractivity contribution is 9.10. The van der Waals surface area contributed by atoms with Crippen molar-refractivity contribution in [1.29, 1.82) is 0 Å². The molecule has 1 N–H and O–H groups in total. The van der Waals surface area contributed by atoms with Gasteiger partial charge in [0.05, 0.1) is 5.69 Å². The van der Waals surface area contributed by atoms with E-state index in [2.05, 4.69) is 56.8 Å². The fourth-order valence-corrected chi connectivity index (χ4v) is 2.15. The van der Waals surface area contributed by atoms with E-state index in [4.69, 9.17) is 0 Å². The van der Waals surface area contributed by atoms with Crippen LogP contribution in [0.15, 0.2) is 45.8 Å². The smallest absolute Gasteiger partial charge is 0.136 e. The van der Waals surface area contributed by atoms with Gasteiger partial charge in [0.15, 0.2) is 0 Å². The lowest BCUT2D eigenvalue weighted by Crippen LogP contribution is -1.92. The third kappa shape index (κ3) is 3.48. The first-order chi connectivity index (χ1) is 8.15. The number of nitrogens with one attached hydrogen (secondary N) is 1. The standard InChI is InChI=1S/C13H13BrN2S/c1-9-3-5-11(6-4-9)17-16-13-8-7-12(14)10(2)15-13/h3-8H,1-2H3,(H,15,16). The second-order valence-electron chi connectivity index (χ2n) is 3.78. The number of nitrogens with zero attached hydrogens (tertiary/aromatic N) is 1. The van der Waals surface area contributed by atoms with Crippen LogP contribution in [0.2, 0.25) is 0 Å². The molecule has 0 spiro atoms. The minimum atomic E-state index is 0.872. The number of pyridine rings is 1. The van der Waals surface area contributed by atoms with Crippen molar-refractivity contribution in [1.82, 2.24) is 4.98 Å². The fourth-order valence-electron chi connectivity index (χ4n) is 1.32. The normalized spacial score (nSPS) is 10.3. The molecule has 2 aromatic rings. The summed E-state index contributed by atoms with van der Waals surface area (Å²) in [5, 5.41) is 0. The van der Waals surface area contributed by atoms with Crippen LogP contribution in [0.4, 0.5) is 5.82 Å². The molecule has 2 nitrogen and oxygen atoms in total. The molecule has 0 radical (unpaired) electrons. The zero-order valence-electron chi connectivity index (χ0n) is 9.70. The van der Waals surface area contributed by atoms with Gasteiger partial charge in [-0.1, -0.05) is 17.7 Å². The van der Waals surface area contributed by atoms with Gasteiger partial charge in [-0.15, -0.1) is 0 Å². The summed E-state index contributed by atoms with van der Waals surface area (Å²) in [7, 11) is 0. The molecular formula is C13H13BrN2S. The van der Waals surface area contributed by atoms with E-state index in [0.717, 1.165) is 16.0 Å². The van der Waals surface area contributed by atoms with Gasteiger partial charge in [0.25, 0.3) is 0 Å². The van der Waals surface area contributed by atoms with E-state index >= 15 is 0 Å². The third-order valence-corrected chi connectivity index (χ3v) is 3.97. The zero-order chi connectivity index (χ0) is 12.3. The predicted molar refractivity (Wildman–Crippen MR) is 77.3 cm³/mol. The molecule has 1 aromatic carbocycles. The van der Waals surface area contributed by atoms with E-state index in [9.17, 15) is 0 Å². The van der Waals surface area contributed by atoms with Crippen LogP contribution in [-0.2, 0) is 0 Å².